The van der Waals surface area contributed by atoms with Gasteiger partial charge >= 0.3 is 0 Å². The zero-order valence-electron chi connectivity index (χ0n) is 9.81. The highest BCUT2D eigenvalue weighted by molar-refractivity contribution is 14.2. The minimum Gasteiger partial charge on any atom is -0.350 e. The van der Waals surface area contributed by atoms with E-state index >= 15 is 0 Å². The van der Waals surface area contributed by atoms with Gasteiger partial charge in [-0.1, -0.05) is 0 Å². The first kappa shape index (κ1) is 14.6. The van der Waals surface area contributed by atoms with Crippen LogP contribution >= 0.6 is 28.5 Å². The van der Waals surface area contributed by atoms with Gasteiger partial charge < -0.3 is 9.95 Å². The summed E-state index contributed by atoms with van der Waals surface area (Å²) in [5.74, 6) is 4.65. The van der Waals surface area contributed by atoms with Gasteiger partial charge in [-0.05, 0) is 28.1 Å². The number of anilines is 1. The molecule has 102 valence electrons. The smallest absolute Gasteiger partial charge is 0.176 e. The second-order valence-corrected chi connectivity index (χ2v) is 5.38. The Hall–Kier alpha value is -0.830. The molecule has 0 spiro atoms. The number of nitrogen functional groups attached to an aromatic ring is 1. The van der Waals surface area contributed by atoms with Crippen molar-refractivity contribution in [3.05, 3.63) is 30.5 Å². The Bertz CT molecular complexity index is 552. The Kier molecular flexibility index (Phi) is 5.44. The molecule has 2 aromatic rings. The summed E-state index contributed by atoms with van der Waals surface area (Å²) in [5, 5.41) is 4.18. The number of nitrogens with two attached hydrogens (primary N) is 1. The van der Waals surface area contributed by atoms with Crippen LogP contribution in [-0.4, -0.2) is 21.4 Å². The third kappa shape index (κ3) is 3.82. The second kappa shape index (κ2) is 7.09. The van der Waals surface area contributed by atoms with E-state index in [2.05, 4.69) is 37.5 Å². The largest absolute Gasteiger partial charge is 0.350 e. The van der Waals surface area contributed by atoms with Crippen molar-refractivity contribution in [3.8, 4) is 11.1 Å². The molecule has 1 atom stereocenters. The van der Waals surface area contributed by atoms with Gasteiger partial charge in [-0.15, -0.1) is 0 Å². The van der Waals surface area contributed by atoms with Gasteiger partial charge in [0.25, 0.3) is 0 Å². The highest BCUT2D eigenvalue weighted by atomic mass is 127. The molecule has 2 rings (SSSR count). The van der Waals surface area contributed by atoms with Crippen LogP contribution in [0.15, 0.2) is 24.7 Å². The Morgan fingerprint density at radius 3 is 3.00 bits per heavy atom. The van der Waals surface area contributed by atoms with Crippen molar-refractivity contribution >= 4 is 34.3 Å². The van der Waals surface area contributed by atoms with Gasteiger partial charge in [-0.25, -0.2) is 15.2 Å². The highest BCUT2D eigenvalue weighted by Gasteiger charge is 2.07. The van der Waals surface area contributed by atoms with Crippen LogP contribution in [-0.2, 0) is 11.1 Å². The molecular formula is C10H12FIN5OP. The molecule has 0 aliphatic rings. The molecule has 2 heterocycles. The monoisotopic (exact) mass is 395 g/mol. The Labute approximate surface area is 124 Å². The molecule has 1 unspecified atom stereocenters. The lowest BCUT2D eigenvalue weighted by molar-refractivity contribution is 0.335. The Morgan fingerprint density at radius 1 is 1.47 bits per heavy atom. The van der Waals surface area contributed by atoms with Gasteiger partial charge in [0.1, 0.15) is 0 Å². The van der Waals surface area contributed by atoms with Crippen molar-refractivity contribution in [3.63, 3.8) is 0 Å². The number of hydrazine groups is 1. The van der Waals surface area contributed by atoms with Crippen molar-refractivity contribution in [2.45, 2.75) is 6.54 Å². The molecule has 2 aromatic heterocycles. The average molecular weight is 395 g/mol. The first-order chi connectivity index (χ1) is 9.24. The van der Waals surface area contributed by atoms with Crippen molar-refractivity contribution in [1.29, 1.82) is 0 Å². The van der Waals surface area contributed by atoms with E-state index in [1.807, 2.05) is 6.20 Å². The molecule has 0 saturated heterocycles. The molecule has 19 heavy (non-hydrogen) atoms. The molecule has 0 bridgehead atoms. The summed E-state index contributed by atoms with van der Waals surface area (Å²) in [6, 6.07) is 1.37. The van der Waals surface area contributed by atoms with E-state index in [0.29, 0.717) is 25.2 Å². The Balaban J connectivity index is 2.11. The van der Waals surface area contributed by atoms with E-state index in [9.17, 15) is 4.39 Å². The maximum Gasteiger partial charge on any atom is 0.176 e. The van der Waals surface area contributed by atoms with Crippen LogP contribution in [0.4, 0.5) is 10.2 Å². The van der Waals surface area contributed by atoms with Gasteiger partial charge in [0, 0.05) is 23.5 Å². The van der Waals surface area contributed by atoms with Crippen LogP contribution < -0.4 is 11.3 Å². The van der Waals surface area contributed by atoms with Crippen LogP contribution in [0.5, 0.6) is 0 Å². The van der Waals surface area contributed by atoms with Gasteiger partial charge in [-0.2, -0.15) is 5.10 Å². The van der Waals surface area contributed by atoms with Gasteiger partial charge in [0.05, 0.1) is 25.8 Å². The lowest BCUT2D eigenvalue weighted by Crippen LogP contribution is -2.10. The number of aromatic nitrogens is 3. The van der Waals surface area contributed by atoms with Crippen molar-refractivity contribution in [2.24, 2.45) is 5.84 Å². The zero-order valence-corrected chi connectivity index (χ0v) is 13.0. The summed E-state index contributed by atoms with van der Waals surface area (Å²) < 4.78 is 20.5. The predicted molar refractivity (Wildman–Crippen MR) is 81.5 cm³/mol. The normalized spacial score (nSPS) is 11.3. The summed E-state index contributed by atoms with van der Waals surface area (Å²) in [7, 11) is 0. The van der Waals surface area contributed by atoms with Gasteiger partial charge in [0.2, 0.25) is 0 Å². The maximum absolute atomic E-state index is 13.5. The van der Waals surface area contributed by atoms with E-state index in [1.54, 1.807) is 17.1 Å². The van der Waals surface area contributed by atoms with Crippen molar-refractivity contribution in [2.75, 3.05) is 12.0 Å². The van der Waals surface area contributed by atoms with Crippen LogP contribution in [0.1, 0.15) is 0 Å². The van der Waals surface area contributed by atoms with Crippen molar-refractivity contribution in [1.82, 2.24) is 14.8 Å². The number of hydrogen-bond acceptors (Lipinski definition) is 5. The van der Waals surface area contributed by atoms with E-state index in [-0.39, 0.29) is 5.82 Å². The molecule has 0 radical (unpaired) electrons. The van der Waals surface area contributed by atoms with Crippen LogP contribution in [0, 0.1) is 5.82 Å². The molecule has 0 aliphatic heterocycles. The summed E-state index contributed by atoms with van der Waals surface area (Å²) >= 11 is 2.16. The predicted octanol–water partition coefficient (Wildman–Crippen LogP) is 2.33. The van der Waals surface area contributed by atoms with Gasteiger partial charge in [-0.3, -0.25) is 4.68 Å². The lowest BCUT2D eigenvalue weighted by atomic mass is 10.1. The molecular weight excluding hydrogens is 383 g/mol. The van der Waals surface area contributed by atoms with Crippen LogP contribution in [0.25, 0.3) is 11.1 Å². The summed E-state index contributed by atoms with van der Waals surface area (Å²) in [6.45, 7) is 1.70. The number of nitrogens with one attached hydrogen (secondary N) is 1. The molecule has 0 fully saturated rings. The average Bonchev–Trinajstić information content (AvgIpc) is 2.88. The number of nitrogens with zero attached hydrogens (tertiary/aromatic N) is 3. The van der Waals surface area contributed by atoms with E-state index in [4.69, 9.17) is 10.4 Å². The fourth-order valence-electron chi connectivity index (χ4n) is 1.51. The van der Waals surface area contributed by atoms with E-state index < -0.39 is 5.82 Å². The summed E-state index contributed by atoms with van der Waals surface area (Å²) in [6.07, 6.45) is 5.03. The fourth-order valence-corrected chi connectivity index (χ4v) is 2.34. The number of halogens is 2. The molecule has 3 N–H and O–H groups in total. The number of rotatable bonds is 6. The minimum atomic E-state index is -0.498. The summed E-state index contributed by atoms with van der Waals surface area (Å²) in [4.78, 5) is 3.89. The van der Waals surface area contributed by atoms with Gasteiger partial charge in [0.15, 0.2) is 11.6 Å². The lowest BCUT2D eigenvalue weighted by Gasteiger charge is -2.03. The zero-order chi connectivity index (χ0) is 13.7. The molecule has 9 heteroatoms. The standard InChI is InChI=1S/C10H12FIN5OP/c11-9-3-7(4-14-10(9)16-13)8-5-15-17(6-8)1-2-18-19-12/h3-6,19H,1-2,13H2,(H,14,16). The van der Waals surface area contributed by atoms with Crippen LogP contribution in [0.2, 0.25) is 0 Å². The molecule has 0 aromatic carbocycles. The Morgan fingerprint density at radius 2 is 2.32 bits per heavy atom. The molecule has 0 saturated carbocycles. The van der Waals surface area contributed by atoms with Crippen molar-refractivity contribution < 1.29 is 8.91 Å². The highest BCUT2D eigenvalue weighted by Crippen LogP contribution is 2.22. The van der Waals surface area contributed by atoms with E-state index in [1.165, 1.54) is 6.07 Å². The maximum atomic E-state index is 13.5. The van der Waals surface area contributed by atoms with E-state index in [0.717, 1.165) is 5.56 Å². The quantitative estimate of drug-likeness (QED) is 0.258. The fraction of sp³-hybridized carbons (Fsp3) is 0.200. The topological polar surface area (TPSA) is 78.0 Å². The molecule has 6 nitrogen and oxygen atoms in total. The summed E-state index contributed by atoms with van der Waals surface area (Å²) in [5.41, 5.74) is 3.64. The minimum absolute atomic E-state index is 0.0209. The molecule has 0 aliphatic carbocycles. The number of pyridine rings is 1. The third-order valence-corrected chi connectivity index (χ3v) is 3.67. The number of hydrogen-bond donors (Lipinski definition) is 2. The second-order valence-electron chi connectivity index (χ2n) is 3.62. The molecule has 0 amide bonds. The SMILES string of the molecule is NNc1ncc(-c2cnn(CCOPI)c2)cc1F. The third-order valence-electron chi connectivity index (χ3n) is 2.42. The van der Waals surface area contributed by atoms with Crippen LogP contribution in [0.3, 0.4) is 0 Å². The first-order valence-electron chi connectivity index (χ1n) is 5.37. The first-order valence-corrected chi connectivity index (χ1v) is 9.39.